The molecule has 1 aromatic rings. The number of Topliss-reactive ketones (excluding diaryl/α,β-unsaturated/α-hetero) is 1. The van der Waals surface area contributed by atoms with Crippen molar-refractivity contribution in [3.63, 3.8) is 0 Å². The van der Waals surface area contributed by atoms with E-state index in [1.165, 1.54) is 6.92 Å². The number of hydrogen-bond acceptors (Lipinski definition) is 6. The molecule has 0 fully saturated rings. The molecule has 2 amide bonds. The van der Waals surface area contributed by atoms with Crippen molar-refractivity contribution in [3.05, 3.63) is 28.8 Å². The molecule has 2 atom stereocenters. The van der Waals surface area contributed by atoms with E-state index in [0.717, 1.165) is 16.7 Å². The molecule has 0 bridgehead atoms. The lowest BCUT2D eigenvalue weighted by Gasteiger charge is -2.25. The number of nitrogens with one attached hydrogen (secondary N) is 2. The quantitative estimate of drug-likeness (QED) is 0.199. The van der Waals surface area contributed by atoms with Crippen LogP contribution in [0.25, 0.3) is 0 Å². The van der Waals surface area contributed by atoms with Crippen LogP contribution < -0.4 is 22.1 Å². The summed E-state index contributed by atoms with van der Waals surface area (Å²) in [5.41, 5.74) is 12.4. The number of carbonyl (C=O) groups is 3. The molecule has 0 radical (unpaired) electrons. The fourth-order valence-corrected chi connectivity index (χ4v) is 3.29. The summed E-state index contributed by atoms with van der Waals surface area (Å²) in [6, 6.07) is 1.47. The van der Waals surface area contributed by atoms with E-state index in [9.17, 15) is 19.5 Å². The molecular weight excluding hydrogens is 426 g/mol. The predicted molar refractivity (Wildman–Crippen MR) is 127 cm³/mol. The molecule has 1 aromatic carbocycles. The summed E-state index contributed by atoms with van der Waals surface area (Å²) in [5.74, 6) is -0.668. The molecule has 0 heterocycles. The van der Waals surface area contributed by atoms with E-state index in [4.69, 9.17) is 16.2 Å². The maximum Gasteiger partial charge on any atom is 0.408 e. The number of aliphatic imine (C=N–C) groups is 1. The van der Waals surface area contributed by atoms with Crippen molar-refractivity contribution < 1.29 is 24.2 Å². The Morgan fingerprint density at radius 2 is 1.67 bits per heavy atom. The number of phenolic OH excluding ortho intramolecular Hbond substituents is 1. The number of benzene rings is 1. The summed E-state index contributed by atoms with van der Waals surface area (Å²) in [5, 5.41) is 15.1. The highest BCUT2D eigenvalue weighted by atomic mass is 16.6. The average molecular weight is 464 g/mol. The Hall–Kier alpha value is -3.30. The zero-order chi connectivity index (χ0) is 25.3. The van der Waals surface area contributed by atoms with Crippen molar-refractivity contribution in [2.24, 2.45) is 16.5 Å². The van der Waals surface area contributed by atoms with Gasteiger partial charge in [0.1, 0.15) is 17.4 Å². The number of ketones is 1. The normalized spacial score (nSPS) is 12.9. The van der Waals surface area contributed by atoms with Gasteiger partial charge in [-0.25, -0.2) is 4.79 Å². The van der Waals surface area contributed by atoms with Crippen molar-refractivity contribution >= 4 is 23.7 Å². The van der Waals surface area contributed by atoms with Crippen LogP contribution in [-0.4, -0.2) is 53.1 Å². The Morgan fingerprint density at radius 1 is 1.09 bits per heavy atom. The minimum atomic E-state index is -0.946. The molecule has 0 aliphatic carbocycles. The van der Waals surface area contributed by atoms with Gasteiger partial charge in [-0.1, -0.05) is 0 Å². The number of aromatic hydroxyl groups is 1. The molecule has 33 heavy (non-hydrogen) atoms. The third kappa shape index (κ3) is 10.2. The fraction of sp³-hybridized carbons (Fsp3) is 0.565. The number of guanidine groups is 1. The Morgan fingerprint density at radius 3 is 2.15 bits per heavy atom. The van der Waals surface area contributed by atoms with Crippen molar-refractivity contribution in [1.29, 1.82) is 0 Å². The highest BCUT2D eigenvalue weighted by Gasteiger charge is 2.27. The molecule has 184 valence electrons. The van der Waals surface area contributed by atoms with Crippen LogP contribution in [0.4, 0.5) is 4.79 Å². The second kappa shape index (κ2) is 12.1. The number of ether oxygens (including phenoxy) is 1. The molecule has 0 saturated carbocycles. The monoisotopic (exact) mass is 463 g/mol. The van der Waals surface area contributed by atoms with E-state index in [-0.39, 0.29) is 36.9 Å². The smallest absolute Gasteiger partial charge is 0.408 e. The van der Waals surface area contributed by atoms with Crippen LogP contribution >= 0.6 is 0 Å². The van der Waals surface area contributed by atoms with E-state index in [2.05, 4.69) is 15.6 Å². The van der Waals surface area contributed by atoms with Gasteiger partial charge in [0.25, 0.3) is 0 Å². The van der Waals surface area contributed by atoms with Gasteiger partial charge in [0.05, 0.1) is 6.04 Å². The third-order valence-corrected chi connectivity index (χ3v) is 4.85. The molecule has 1 rings (SSSR count). The van der Waals surface area contributed by atoms with Gasteiger partial charge in [0.15, 0.2) is 11.7 Å². The van der Waals surface area contributed by atoms with Crippen LogP contribution in [0, 0.1) is 13.8 Å². The molecule has 0 aliphatic rings. The Labute approximate surface area is 195 Å². The van der Waals surface area contributed by atoms with Crippen LogP contribution in [0.3, 0.4) is 0 Å². The molecule has 7 N–H and O–H groups in total. The Balaban J connectivity index is 3.00. The van der Waals surface area contributed by atoms with Gasteiger partial charge in [-0.2, -0.15) is 0 Å². The second-order valence-electron chi connectivity index (χ2n) is 9.08. The Bertz CT molecular complexity index is 865. The first-order valence-corrected chi connectivity index (χ1v) is 10.8. The van der Waals surface area contributed by atoms with Crippen LogP contribution in [0.1, 0.15) is 57.2 Å². The average Bonchev–Trinajstić information content (AvgIpc) is 2.63. The summed E-state index contributed by atoms with van der Waals surface area (Å²) < 4.78 is 5.27. The SMILES string of the molecule is CC(=O)[C@H](Cc1c(C)cc(O)cc1C)NC(=O)[C@@H](CCCN=C(N)N)NC(=O)OC(C)(C)C. The summed E-state index contributed by atoms with van der Waals surface area (Å²) in [4.78, 5) is 41.5. The van der Waals surface area contributed by atoms with Gasteiger partial charge in [-0.15, -0.1) is 0 Å². The molecule has 0 spiro atoms. The molecule has 0 aromatic heterocycles. The van der Waals surface area contributed by atoms with Crippen LogP contribution in [0.5, 0.6) is 5.75 Å². The molecular formula is C23H37N5O5. The zero-order valence-corrected chi connectivity index (χ0v) is 20.3. The van der Waals surface area contributed by atoms with Crippen molar-refractivity contribution in [1.82, 2.24) is 10.6 Å². The minimum Gasteiger partial charge on any atom is -0.508 e. The summed E-state index contributed by atoms with van der Waals surface area (Å²) in [6.45, 7) is 10.5. The summed E-state index contributed by atoms with van der Waals surface area (Å²) in [7, 11) is 0. The summed E-state index contributed by atoms with van der Waals surface area (Å²) >= 11 is 0. The standard InChI is InChI=1S/C23H37N5O5/c1-13-10-16(30)11-14(2)17(13)12-19(15(3)29)27-20(31)18(8-7-9-26-21(24)25)28-22(32)33-23(4,5)6/h10-11,18-19,30H,7-9,12H2,1-6H3,(H,27,31)(H,28,32)(H4,24,25,26)/t18-,19+/m1/s1. The number of aryl methyl sites for hydroxylation is 2. The molecule has 0 aliphatic heterocycles. The van der Waals surface area contributed by atoms with E-state index in [1.807, 2.05) is 13.8 Å². The maximum absolute atomic E-state index is 13.0. The van der Waals surface area contributed by atoms with E-state index < -0.39 is 29.7 Å². The Kier molecular flexibility index (Phi) is 10.2. The first-order valence-electron chi connectivity index (χ1n) is 10.8. The minimum absolute atomic E-state index is 0.0626. The highest BCUT2D eigenvalue weighted by Crippen LogP contribution is 2.22. The van der Waals surface area contributed by atoms with E-state index in [0.29, 0.717) is 6.42 Å². The van der Waals surface area contributed by atoms with Crippen molar-refractivity contribution in [3.8, 4) is 5.75 Å². The number of hydrogen-bond donors (Lipinski definition) is 5. The van der Waals surface area contributed by atoms with Crippen LogP contribution in [-0.2, 0) is 20.7 Å². The van der Waals surface area contributed by atoms with Gasteiger partial charge >= 0.3 is 6.09 Å². The third-order valence-electron chi connectivity index (χ3n) is 4.85. The largest absolute Gasteiger partial charge is 0.508 e. The molecule has 10 nitrogen and oxygen atoms in total. The highest BCUT2D eigenvalue weighted by molar-refractivity contribution is 5.91. The van der Waals surface area contributed by atoms with Gasteiger partial charge in [0, 0.05) is 13.0 Å². The van der Waals surface area contributed by atoms with Crippen molar-refractivity contribution in [2.45, 2.75) is 78.5 Å². The molecule has 0 unspecified atom stereocenters. The first-order chi connectivity index (χ1) is 15.2. The van der Waals surface area contributed by atoms with Crippen LogP contribution in [0.2, 0.25) is 0 Å². The number of carbonyl (C=O) groups excluding carboxylic acids is 3. The van der Waals surface area contributed by atoms with Gasteiger partial charge in [0.2, 0.25) is 5.91 Å². The summed E-state index contributed by atoms with van der Waals surface area (Å²) in [6.07, 6.45) is 0.178. The zero-order valence-electron chi connectivity index (χ0n) is 20.3. The fourth-order valence-electron chi connectivity index (χ4n) is 3.29. The first kappa shape index (κ1) is 27.7. The predicted octanol–water partition coefficient (Wildman–Crippen LogP) is 1.57. The van der Waals surface area contributed by atoms with Gasteiger partial charge < -0.3 is 31.9 Å². The number of nitrogens with zero attached hydrogens (tertiary/aromatic N) is 1. The topological polar surface area (TPSA) is 169 Å². The second-order valence-corrected chi connectivity index (χ2v) is 9.08. The van der Waals surface area contributed by atoms with Gasteiger partial charge in [-0.3, -0.25) is 14.6 Å². The lowest BCUT2D eigenvalue weighted by Crippen LogP contribution is -2.52. The number of nitrogens with two attached hydrogens (primary N) is 2. The molecule has 10 heteroatoms. The lowest BCUT2D eigenvalue weighted by atomic mass is 9.94. The van der Waals surface area contributed by atoms with E-state index in [1.54, 1.807) is 32.9 Å². The maximum atomic E-state index is 13.0. The van der Waals surface area contributed by atoms with Crippen molar-refractivity contribution in [2.75, 3.05) is 6.54 Å². The number of alkyl carbamates (subject to hydrolysis) is 1. The molecule has 0 saturated heterocycles. The van der Waals surface area contributed by atoms with Crippen LogP contribution in [0.15, 0.2) is 17.1 Å². The number of phenols is 1. The van der Waals surface area contributed by atoms with Gasteiger partial charge in [-0.05, 0) is 83.2 Å². The lowest BCUT2D eigenvalue weighted by molar-refractivity contribution is -0.128. The number of amides is 2. The number of rotatable bonds is 10. The van der Waals surface area contributed by atoms with E-state index >= 15 is 0 Å².